The van der Waals surface area contributed by atoms with Crippen LogP contribution in [0, 0.1) is 0 Å². The van der Waals surface area contributed by atoms with E-state index in [2.05, 4.69) is 22.9 Å². The Balaban J connectivity index is 1.84. The topological polar surface area (TPSA) is 108 Å². The third-order valence-corrected chi connectivity index (χ3v) is 7.04. The highest BCUT2D eigenvalue weighted by atomic mass is 16.3. The fourth-order valence-electron chi connectivity index (χ4n) is 4.59. The summed E-state index contributed by atoms with van der Waals surface area (Å²) in [5.41, 5.74) is 0.649. The summed E-state index contributed by atoms with van der Waals surface area (Å²) in [5, 5.41) is 17.4. The van der Waals surface area contributed by atoms with E-state index in [4.69, 9.17) is 0 Å². The summed E-state index contributed by atoms with van der Waals surface area (Å²) in [6, 6.07) is 6.34. The predicted octanol–water partition coefficient (Wildman–Crippen LogP) is 7.39. The van der Waals surface area contributed by atoms with Gasteiger partial charge in [-0.15, -0.1) is 0 Å². The number of nitrogens with one attached hydrogen (secondary N) is 3. The second-order valence-electron chi connectivity index (χ2n) is 10.7. The summed E-state index contributed by atoms with van der Waals surface area (Å²) < 4.78 is 0. The standard InChI is InChI=1S/C32H55N3O4/c1-2-3-4-5-6-7-8-9-10-11-12-13-14-15-16-19-26-33-31(38)32(39)34-27-20-17-18-21-30(37)35-28-22-24-29(36)25-23-28/h22-25,36H,2-21,26-27H2,1H3,(H,33,38)(H,34,39)(H,35,37). The number of amides is 3. The number of carbonyl (C=O) groups excluding carboxylic acids is 3. The van der Waals surface area contributed by atoms with Gasteiger partial charge in [0.2, 0.25) is 5.91 Å². The van der Waals surface area contributed by atoms with Crippen molar-refractivity contribution >= 4 is 23.4 Å². The van der Waals surface area contributed by atoms with Crippen LogP contribution >= 0.6 is 0 Å². The number of phenolic OH excluding ortho intramolecular Hbond substituents is 1. The fourth-order valence-corrected chi connectivity index (χ4v) is 4.59. The average Bonchev–Trinajstić information content (AvgIpc) is 2.93. The molecule has 3 amide bonds. The van der Waals surface area contributed by atoms with Crippen LogP contribution in [-0.2, 0) is 14.4 Å². The van der Waals surface area contributed by atoms with Gasteiger partial charge in [0.05, 0.1) is 0 Å². The van der Waals surface area contributed by atoms with Crippen LogP contribution in [0.2, 0.25) is 0 Å². The molecule has 0 atom stereocenters. The normalized spacial score (nSPS) is 10.8. The zero-order chi connectivity index (χ0) is 28.4. The van der Waals surface area contributed by atoms with E-state index in [1.807, 2.05) is 0 Å². The smallest absolute Gasteiger partial charge is 0.309 e. The van der Waals surface area contributed by atoms with Crippen molar-refractivity contribution in [3.05, 3.63) is 24.3 Å². The average molecular weight is 546 g/mol. The summed E-state index contributed by atoms with van der Waals surface area (Å²) in [6.07, 6.45) is 23.5. The number of phenols is 1. The van der Waals surface area contributed by atoms with Crippen LogP contribution in [0.4, 0.5) is 5.69 Å². The molecular weight excluding hydrogens is 490 g/mol. The molecule has 0 aliphatic heterocycles. The fraction of sp³-hybridized carbons (Fsp3) is 0.719. The molecule has 4 N–H and O–H groups in total. The molecule has 39 heavy (non-hydrogen) atoms. The Hall–Kier alpha value is -2.57. The third kappa shape index (κ3) is 21.0. The number of carbonyl (C=O) groups is 3. The van der Waals surface area contributed by atoms with Gasteiger partial charge in [-0.05, 0) is 43.5 Å². The summed E-state index contributed by atoms with van der Waals surface area (Å²) in [6.45, 7) is 3.23. The molecule has 0 saturated heterocycles. The summed E-state index contributed by atoms with van der Waals surface area (Å²) >= 11 is 0. The number of hydrogen-bond donors (Lipinski definition) is 4. The Labute approximate surface area is 237 Å². The van der Waals surface area contributed by atoms with Crippen LogP contribution in [0.5, 0.6) is 5.75 Å². The number of rotatable bonds is 24. The molecule has 0 unspecified atom stereocenters. The van der Waals surface area contributed by atoms with Gasteiger partial charge in [-0.2, -0.15) is 0 Å². The number of hydrogen-bond acceptors (Lipinski definition) is 4. The highest BCUT2D eigenvalue weighted by Crippen LogP contribution is 2.15. The molecule has 0 heterocycles. The van der Waals surface area contributed by atoms with Crippen LogP contribution in [0.1, 0.15) is 135 Å². The van der Waals surface area contributed by atoms with Gasteiger partial charge in [0.15, 0.2) is 0 Å². The van der Waals surface area contributed by atoms with Crippen molar-refractivity contribution < 1.29 is 19.5 Å². The van der Waals surface area contributed by atoms with Crippen molar-refractivity contribution in [3.8, 4) is 5.75 Å². The lowest BCUT2D eigenvalue weighted by atomic mass is 10.0. The maximum atomic E-state index is 11.9. The summed E-state index contributed by atoms with van der Waals surface area (Å²) in [7, 11) is 0. The first-order valence-electron chi connectivity index (χ1n) is 15.7. The third-order valence-electron chi connectivity index (χ3n) is 7.04. The molecule has 1 rings (SSSR count). The first-order chi connectivity index (χ1) is 19.0. The van der Waals surface area contributed by atoms with Gasteiger partial charge in [-0.1, -0.05) is 110 Å². The lowest BCUT2D eigenvalue weighted by Gasteiger charge is -2.07. The molecule has 0 aliphatic carbocycles. The number of anilines is 1. The molecular formula is C32H55N3O4. The molecule has 0 bridgehead atoms. The van der Waals surface area contributed by atoms with Crippen LogP contribution in [0.3, 0.4) is 0 Å². The van der Waals surface area contributed by atoms with Crippen molar-refractivity contribution in [2.45, 2.75) is 135 Å². The molecule has 222 valence electrons. The van der Waals surface area contributed by atoms with Gasteiger partial charge in [0.1, 0.15) is 5.75 Å². The van der Waals surface area contributed by atoms with Crippen molar-refractivity contribution in [2.75, 3.05) is 18.4 Å². The van der Waals surface area contributed by atoms with Gasteiger partial charge in [-0.25, -0.2) is 0 Å². The first kappa shape index (κ1) is 34.5. The molecule has 0 aliphatic rings. The molecule has 0 fully saturated rings. The zero-order valence-electron chi connectivity index (χ0n) is 24.5. The van der Waals surface area contributed by atoms with E-state index in [-0.39, 0.29) is 11.7 Å². The second kappa shape index (κ2) is 24.5. The molecule has 0 radical (unpaired) electrons. The van der Waals surface area contributed by atoms with Crippen molar-refractivity contribution in [3.63, 3.8) is 0 Å². The molecule has 1 aromatic rings. The number of aromatic hydroxyl groups is 1. The lowest BCUT2D eigenvalue weighted by Crippen LogP contribution is -2.40. The van der Waals surface area contributed by atoms with Gasteiger partial charge in [0.25, 0.3) is 0 Å². The van der Waals surface area contributed by atoms with Crippen LogP contribution in [0.25, 0.3) is 0 Å². The molecule has 1 aromatic carbocycles. The lowest BCUT2D eigenvalue weighted by molar-refractivity contribution is -0.139. The molecule has 0 spiro atoms. The van der Waals surface area contributed by atoms with Crippen LogP contribution in [-0.4, -0.2) is 35.9 Å². The Morgan fingerprint density at radius 3 is 1.38 bits per heavy atom. The van der Waals surface area contributed by atoms with E-state index in [0.717, 1.165) is 19.3 Å². The van der Waals surface area contributed by atoms with Crippen molar-refractivity contribution in [1.29, 1.82) is 0 Å². The molecule has 0 saturated carbocycles. The quantitative estimate of drug-likeness (QED) is 0.0617. The molecule has 7 heteroatoms. The SMILES string of the molecule is CCCCCCCCCCCCCCCCCCNC(=O)C(=O)NCCCCCC(=O)Nc1ccc(O)cc1. The Bertz CT molecular complexity index is 767. The minimum Gasteiger partial charge on any atom is -0.508 e. The van der Waals surface area contributed by atoms with E-state index >= 15 is 0 Å². The maximum Gasteiger partial charge on any atom is 0.309 e. The zero-order valence-corrected chi connectivity index (χ0v) is 24.5. The highest BCUT2D eigenvalue weighted by Gasteiger charge is 2.11. The minimum atomic E-state index is -0.587. The second-order valence-corrected chi connectivity index (χ2v) is 10.7. The Kier molecular flexibility index (Phi) is 21.6. The largest absolute Gasteiger partial charge is 0.508 e. The van der Waals surface area contributed by atoms with Crippen molar-refractivity contribution in [2.24, 2.45) is 0 Å². The summed E-state index contributed by atoms with van der Waals surface area (Å²) in [5.74, 6) is -1.08. The summed E-state index contributed by atoms with van der Waals surface area (Å²) in [4.78, 5) is 35.8. The Morgan fingerprint density at radius 1 is 0.564 bits per heavy atom. The van der Waals surface area contributed by atoms with Gasteiger partial charge in [-0.3, -0.25) is 14.4 Å². The Morgan fingerprint density at radius 2 is 0.949 bits per heavy atom. The molecule has 0 aromatic heterocycles. The number of unbranched alkanes of at least 4 members (excludes halogenated alkanes) is 17. The van der Waals surface area contributed by atoms with Gasteiger partial charge < -0.3 is 21.1 Å². The minimum absolute atomic E-state index is 0.0850. The van der Waals surface area contributed by atoms with E-state index in [1.54, 1.807) is 12.1 Å². The van der Waals surface area contributed by atoms with E-state index in [9.17, 15) is 19.5 Å². The van der Waals surface area contributed by atoms with Gasteiger partial charge >= 0.3 is 11.8 Å². The highest BCUT2D eigenvalue weighted by molar-refractivity contribution is 6.35. The first-order valence-corrected chi connectivity index (χ1v) is 15.7. The monoisotopic (exact) mass is 545 g/mol. The molecule has 7 nitrogen and oxygen atoms in total. The predicted molar refractivity (Wildman–Crippen MR) is 161 cm³/mol. The van der Waals surface area contributed by atoms with Crippen molar-refractivity contribution in [1.82, 2.24) is 10.6 Å². The van der Waals surface area contributed by atoms with E-state index < -0.39 is 11.8 Å². The number of benzene rings is 1. The van der Waals surface area contributed by atoms with E-state index in [1.165, 1.54) is 102 Å². The van der Waals surface area contributed by atoms with Crippen LogP contribution in [0.15, 0.2) is 24.3 Å². The van der Waals surface area contributed by atoms with E-state index in [0.29, 0.717) is 38.0 Å². The maximum absolute atomic E-state index is 11.9. The van der Waals surface area contributed by atoms with Crippen LogP contribution < -0.4 is 16.0 Å². The van der Waals surface area contributed by atoms with Gasteiger partial charge in [0, 0.05) is 25.2 Å².